The van der Waals surface area contributed by atoms with Gasteiger partial charge in [-0.15, -0.1) is 34.0 Å². The number of aromatic nitrogens is 3. The van der Waals surface area contributed by atoms with Crippen LogP contribution in [0.1, 0.15) is 31.9 Å². The fourth-order valence-electron chi connectivity index (χ4n) is 12.9. The number of benzene rings is 11. The van der Waals surface area contributed by atoms with Gasteiger partial charge in [0.05, 0.1) is 40.9 Å². The van der Waals surface area contributed by atoms with Gasteiger partial charge in [-0.05, 0) is 92.4 Å². The molecule has 0 radical (unpaired) electrons. The summed E-state index contributed by atoms with van der Waals surface area (Å²) in [5.74, 6) is -9.44. The molecule has 450 valence electrons. The highest BCUT2D eigenvalue weighted by atomic mass is 32.1. The molecule has 17 heteroatoms. The van der Waals surface area contributed by atoms with E-state index in [1.54, 1.807) is 31.8 Å². The number of nitrogens with one attached hydrogen (secondary N) is 1. The largest absolute Gasteiger partial charge is 0.354 e. The van der Waals surface area contributed by atoms with E-state index in [0.717, 1.165) is 68.0 Å². The number of aromatic amines is 1. The lowest BCUT2D eigenvalue weighted by molar-refractivity contribution is 0.321. The quantitative estimate of drug-likeness (QED) is 0.0806. The van der Waals surface area contributed by atoms with E-state index in [1.165, 1.54) is 61.6 Å². The molecule has 8 nitrogen and oxygen atoms in total. The first-order valence-corrected chi connectivity index (χ1v) is 32.0. The molecular formula is C76H46F6N8S3. The Kier molecular flexibility index (Phi) is 15.4. The molecule has 0 bridgehead atoms. The van der Waals surface area contributed by atoms with E-state index in [2.05, 4.69) is 125 Å². The summed E-state index contributed by atoms with van der Waals surface area (Å²) in [6.07, 6.45) is 0. The van der Waals surface area contributed by atoms with Gasteiger partial charge >= 0.3 is 0 Å². The van der Waals surface area contributed by atoms with Crippen LogP contribution < -0.4 is 0 Å². The van der Waals surface area contributed by atoms with Crippen molar-refractivity contribution in [1.29, 1.82) is 10.5 Å². The topological polar surface area (TPSA) is 85.2 Å². The normalized spacial score (nSPS) is 11.5. The Bertz CT molecular complexity index is 5770. The van der Waals surface area contributed by atoms with Crippen molar-refractivity contribution in [2.24, 2.45) is 0 Å². The minimum absolute atomic E-state index is 0.222. The summed E-state index contributed by atoms with van der Waals surface area (Å²) in [5.41, 5.74) is 0.868. The van der Waals surface area contributed by atoms with Crippen LogP contribution in [0.15, 0.2) is 182 Å². The van der Waals surface area contributed by atoms with Crippen molar-refractivity contribution in [3.8, 4) is 23.5 Å². The van der Waals surface area contributed by atoms with Gasteiger partial charge in [-0.25, -0.2) is 36.0 Å². The highest BCUT2D eigenvalue weighted by molar-refractivity contribution is 7.26. The third kappa shape index (κ3) is 9.39. The predicted molar refractivity (Wildman–Crippen MR) is 371 cm³/mol. The lowest BCUT2D eigenvalue weighted by Crippen LogP contribution is -2.21. The van der Waals surface area contributed by atoms with Crippen molar-refractivity contribution in [2.75, 3.05) is 19.6 Å². The SMILES string of the molecule is CCN(CC)CC.[C-]#[N+]c1c(F)c(C#N)c(-n2c3ccccc3c3c4c(ccc32)sc2ccccc24)c(F)c1-n1c2ccccc2c2c3c(ccc21)sc1ccccc13.[C-]#[N+]c1c(F)c(F)c(F)c(C#N)c1F.c1ccc2c(c1)[nH]c1ccc3sc4ccccc4c3c12. The Morgan fingerprint density at radius 1 is 0.376 bits per heavy atom. The Labute approximate surface area is 538 Å². The zero-order valence-corrected chi connectivity index (χ0v) is 52.0. The zero-order chi connectivity index (χ0) is 64.5. The minimum atomic E-state index is -2.02. The molecule has 6 aromatic heterocycles. The molecule has 0 spiro atoms. The van der Waals surface area contributed by atoms with Crippen molar-refractivity contribution >= 4 is 171 Å². The molecule has 0 aliphatic carbocycles. The monoisotopic (exact) mass is 1280 g/mol. The predicted octanol–water partition coefficient (Wildman–Crippen LogP) is 23.0. The van der Waals surface area contributed by atoms with E-state index in [-0.39, 0.29) is 11.4 Å². The summed E-state index contributed by atoms with van der Waals surface area (Å²) in [7, 11) is 0. The van der Waals surface area contributed by atoms with Crippen LogP contribution in [0.25, 0.3) is 147 Å². The summed E-state index contributed by atoms with van der Waals surface area (Å²) in [6, 6.07) is 64.2. The molecule has 11 aromatic carbocycles. The zero-order valence-electron chi connectivity index (χ0n) is 49.6. The lowest BCUT2D eigenvalue weighted by Gasteiger charge is -2.19. The fraction of sp³-hybridized carbons (Fsp3) is 0.0789. The molecule has 93 heavy (non-hydrogen) atoms. The molecule has 0 amide bonds. The Morgan fingerprint density at radius 3 is 1.25 bits per heavy atom. The second-order valence-electron chi connectivity index (χ2n) is 21.8. The summed E-state index contributed by atoms with van der Waals surface area (Å²) in [4.78, 5) is 11.8. The molecule has 0 aliphatic rings. The molecule has 1 N–H and O–H groups in total. The summed E-state index contributed by atoms with van der Waals surface area (Å²) in [6.45, 7) is 24.6. The third-order valence-corrected chi connectivity index (χ3v) is 20.6. The van der Waals surface area contributed by atoms with E-state index in [9.17, 15) is 22.8 Å². The summed E-state index contributed by atoms with van der Waals surface area (Å²) in [5, 5.41) is 31.9. The van der Waals surface area contributed by atoms with Crippen LogP contribution in [0, 0.1) is 70.7 Å². The van der Waals surface area contributed by atoms with Gasteiger partial charge in [0.15, 0.2) is 34.9 Å². The van der Waals surface area contributed by atoms with Crippen molar-refractivity contribution in [3.63, 3.8) is 0 Å². The van der Waals surface area contributed by atoms with E-state index >= 15 is 8.78 Å². The second kappa shape index (κ2) is 24.0. The maximum atomic E-state index is 18.1. The third-order valence-electron chi connectivity index (χ3n) is 17.1. The summed E-state index contributed by atoms with van der Waals surface area (Å²) < 4.78 is 96.3. The van der Waals surface area contributed by atoms with Crippen LogP contribution in [0.5, 0.6) is 0 Å². The lowest BCUT2D eigenvalue weighted by atomic mass is 10.1. The number of para-hydroxylation sites is 3. The van der Waals surface area contributed by atoms with Crippen LogP contribution in [0.3, 0.4) is 0 Å². The molecular weight excluding hydrogens is 1240 g/mol. The molecule has 6 heterocycles. The van der Waals surface area contributed by atoms with E-state index in [1.807, 2.05) is 114 Å². The fourth-order valence-corrected chi connectivity index (χ4v) is 16.3. The van der Waals surface area contributed by atoms with Crippen LogP contribution in [0.2, 0.25) is 0 Å². The van der Waals surface area contributed by atoms with Crippen molar-refractivity contribution in [3.05, 3.63) is 251 Å². The minimum Gasteiger partial charge on any atom is -0.354 e. The van der Waals surface area contributed by atoms with Gasteiger partial charge in [-0.3, -0.25) is 0 Å². The van der Waals surface area contributed by atoms with Crippen LogP contribution >= 0.6 is 34.0 Å². The highest BCUT2D eigenvalue weighted by Gasteiger charge is 2.32. The summed E-state index contributed by atoms with van der Waals surface area (Å²) >= 11 is 5.24. The maximum absolute atomic E-state index is 18.1. The first-order chi connectivity index (χ1) is 45.4. The molecule has 0 atom stereocenters. The Hall–Kier alpha value is -11.0. The molecule has 0 fully saturated rings. The average Bonchev–Trinajstić information content (AvgIpc) is 1.59. The first-order valence-electron chi connectivity index (χ1n) is 29.6. The number of hydrogen-bond donors (Lipinski definition) is 1. The number of nitriles is 2. The van der Waals surface area contributed by atoms with Crippen LogP contribution in [-0.4, -0.2) is 38.7 Å². The van der Waals surface area contributed by atoms with Crippen molar-refractivity contribution < 1.29 is 26.3 Å². The van der Waals surface area contributed by atoms with Gasteiger partial charge in [0.1, 0.15) is 29.0 Å². The van der Waals surface area contributed by atoms with Crippen LogP contribution in [0.4, 0.5) is 37.7 Å². The molecule has 17 rings (SSSR count). The molecule has 0 saturated carbocycles. The Balaban J connectivity index is 0.000000148. The molecule has 0 unspecified atom stereocenters. The van der Waals surface area contributed by atoms with Gasteiger partial charge in [0.2, 0.25) is 5.69 Å². The van der Waals surface area contributed by atoms with E-state index < -0.39 is 57.4 Å². The van der Waals surface area contributed by atoms with Crippen LogP contribution in [-0.2, 0) is 0 Å². The maximum Gasteiger partial charge on any atom is 0.261 e. The smallest absolute Gasteiger partial charge is 0.261 e. The standard InChI is InChI=1S/C44H20F2N4S2.C18H11NS.C8F4N2.C6H15N/c1-48-42-40(45)27(22-47)43(49-28-14-6-2-10-23(28)36-30(49)18-20-34-38(36)25-12-4-8-16-32(25)51-34)41(46)44(42)50-29-15-7-3-11-24(29)37-31(50)19-21-35-39(37)26-13-5-9-17-33(26)52-35;1-3-7-13-11(5-1)17-14(19-13)9-10-16-18(17)12-6-2-4-8-15(12)20-16;1-14-8-5(10)3(2-13)4(9)6(11)7(8)12;1-4-7(5-2)6-3/h2-21H;1-10,19H;;4-6H2,1-3H3. The van der Waals surface area contributed by atoms with Gasteiger partial charge < -0.3 is 19.0 Å². The first kappa shape index (κ1) is 59.6. The number of thiophene rings is 3. The number of H-pyrrole nitrogens is 1. The number of hydrogen-bond acceptors (Lipinski definition) is 6. The van der Waals surface area contributed by atoms with E-state index in [4.69, 9.17) is 18.4 Å². The second-order valence-corrected chi connectivity index (χ2v) is 25.0. The number of halogens is 6. The highest BCUT2D eigenvalue weighted by Crippen LogP contribution is 2.50. The van der Waals surface area contributed by atoms with Gasteiger partial charge in [0.25, 0.3) is 5.69 Å². The average molecular weight is 1280 g/mol. The van der Waals surface area contributed by atoms with Gasteiger partial charge in [-0.1, -0.05) is 130 Å². The number of fused-ring (bicyclic) bond motifs is 21. The molecule has 0 saturated heterocycles. The molecule has 17 aromatic rings. The van der Waals surface area contributed by atoms with Gasteiger partial charge in [0, 0.05) is 104 Å². The number of nitrogens with zero attached hydrogens (tertiary/aromatic N) is 7. The van der Waals surface area contributed by atoms with E-state index in [0.29, 0.717) is 22.1 Å². The van der Waals surface area contributed by atoms with Gasteiger partial charge in [-0.2, -0.15) is 10.5 Å². The molecule has 0 aliphatic heterocycles. The Morgan fingerprint density at radius 2 is 0.785 bits per heavy atom. The van der Waals surface area contributed by atoms with Crippen molar-refractivity contribution in [1.82, 2.24) is 19.0 Å². The van der Waals surface area contributed by atoms with Crippen molar-refractivity contribution in [2.45, 2.75) is 20.8 Å². The number of rotatable bonds is 5.